The number of rotatable bonds is 12. The molecule has 1 unspecified atom stereocenters. The van der Waals surface area contributed by atoms with Gasteiger partial charge in [-0.25, -0.2) is 4.68 Å². The summed E-state index contributed by atoms with van der Waals surface area (Å²) in [6.07, 6.45) is 0.922. The van der Waals surface area contributed by atoms with Gasteiger partial charge in [-0.15, -0.1) is 5.10 Å². The lowest BCUT2D eigenvalue weighted by Gasteiger charge is -2.29. The fraction of sp³-hybridized carbons (Fsp3) is 0.303. The molecule has 0 saturated heterocycles. The zero-order valence-electron chi connectivity index (χ0n) is 25.4. The molecular weight excluding hydrogens is 598 g/mol. The average Bonchev–Trinajstić information content (AvgIpc) is 3.42. The summed E-state index contributed by atoms with van der Waals surface area (Å²) in [5, 5.41) is 12.4. The Morgan fingerprint density at radius 1 is 1.05 bits per heavy atom. The summed E-state index contributed by atoms with van der Waals surface area (Å²) >= 11 is 7.86. The molecule has 3 aromatic carbocycles. The number of carbonyl (C=O) groups excluding carboxylic acids is 1. The number of carbonyl (C=O) groups is 1. The molecule has 9 nitrogen and oxygen atoms in total. The highest BCUT2D eigenvalue weighted by molar-refractivity contribution is 7.98. The largest absolute Gasteiger partial charge is 0.495 e. The van der Waals surface area contributed by atoms with Crippen LogP contribution >= 0.6 is 23.4 Å². The van der Waals surface area contributed by atoms with E-state index in [1.165, 1.54) is 11.8 Å². The predicted molar refractivity (Wildman–Crippen MR) is 175 cm³/mol. The maximum atomic E-state index is 14.0. The third kappa shape index (κ3) is 6.97. The van der Waals surface area contributed by atoms with Crippen molar-refractivity contribution < 1.29 is 19.0 Å². The van der Waals surface area contributed by atoms with Gasteiger partial charge < -0.3 is 24.8 Å². The molecule has 2 heterocycles. The van der Waals surface area contributed by atoms with Gasteiger partial charge in [-0.1, -0.05) is 73.6 Å². The first-order chi connectivity index (χ1) is 21.3. The number of ether oxygens (including phenoxy) is 3. The zero-order chi connectivity index (χ0) is 31.2. The van der Waals surface area contributed by atoms with Crippen molar-refractivity contribution >= 4 is 40.9 Å². The number of halogens is 1. The fourth-order valence-electron chi connectivity index (χ4n) is 4.87. The predicted octanol–water partition coefficient (Wildman–Crippen LogP) is 7.59. The smallest absolute Gasteiger partial charge is 0.255 e. The Morgan fingerprint density at radius 2 is 1.80 bits per heavy atom. The number of fused-ring (bicyclic) bond motifs is 1. The number of hydrogen-bond donors (Lipinski definition) is 2. The van der Waals surface area contributed by atoms with Crippen LogP contribution in [0.4, 0.5) is 11.6 Å². The molecule has 1 amide bonds. The van der Waals surface area contributed by atoms with E-state index in [2.05, 4.69) is 24.5 Å². The zero-order valence-corrected chi connectivity index (χ0v) is 27.0. The van der Waals surface area contributed by atoms with Crippen molar-refractivity contribution in [2.75, 3.05) is 31.5 Å². The average molecular weight is 634 g/mol. The summed E-state index contributed by atoms with van der Waals surface area (Å²) in [7, 11) is 3.18. The first kappa shape index (κ1) is 31.3. The van der Waals surface area contributed by atoms with E-state index >= 15 is 0 Å². The Balaban J connectivity index is 1.52. The monoisotopic (exact) mass is 633 g/mol. The van der Waals surface area contributed by atoms with Gasteiger partial charge in [0, 0.05) is 16.5 Å². The summed E-state index contributed by atoms with van der Waals surface area (Å²) in [5.74, 6) is 3.11. The van der Waals surface area contributed by atoms with Crippen LogP contribution in [-0.2, 0) is 10.5 Å². The summed E-state index contributed by atoms with van der Waals surface area (Å²) in [5.41, 5.74) is 3.47. The lowest BCUT2D eigenvalue weighted by molar-refractivity contribution is -0.113. The van der Waals surface area contributed by atoms with Gasteiger partial charge in [0.1, 0.15) is 11.8 Å². The second-order valence-electron chi connectivity index (χ2n) is 10.7. The number of benzene rings is 3. The first-order valence-electron chi connectivity index (χ1n) is 14.3. The molecule has 0 radical (unpaired) electrons. The highest BCUT2D eigenvalue weighted by Crippen LogP contribution is 2.40. The van der Waals surface area contributed by atoms with Gasteiger partial charge in [0.25, 0.3) is 5.91 Å². The Hall–Kier alpha value is -4.15. The molecule has 1 aliphatic rings. The van der Waals surface area contributed by atoms with E-state index < -0.39 is 6.04 Å². The molecule has 1 atom stereocenters. The van der Waals surface area contributed by atoms with Crippen molar-refractivity contribution in [3.63, 3.8) is 0 Å². The number of aromatic nitrogens is 3. The Kier molecular flexibility index (Phi) is 10.0. The van der Waals surface area contributed by atoms with Gasteiger partial charge in [0.2, 0.25) is 11.1 Å². The van der Waals surface area contributed by atoms with E-state index in [9.17, 15) is 4.79 Å². The number of hydrogen-bond acceptors (Lipinski definition) is 8. The van der Waals surface area contributed by atoms with Crippen LogP contribution in [-0.4, -0.2) is 41.5 Å². The molecule has 0 spiro atoms. The second kappa shape index (κ2) is 14.1. The van der Waals surface area contributed by atoms with Crippen LogP contribution < -0.4 is 24.8 Å². The van der Waals surface area contributed by atoms with Crippen LogP contribution in [0.1, 0.15) is 44.4 Å². The number of amides is 1. The maximum absolute atomic E-state index is 14.0. The Bertz CT molecular complexity index is 1670. The summed E-state index contributed by atoms with van der Waals surface area (Å²) in [6, 6.07) is 20.1. The highest BCUT2D eigenvalue weighted by Gasteiger charge is 2.35. The lowest BCUT2D eigenvalue weighted by atomic mass is 9.94. The van der Waals surface area contributed by atoms with E-state index in [0.29, 0.717) is 68.6 Å². The third-order valence-corrected chi connectivity index (χ3v) is 8.46. The van der Waals surface area contributed by atoms with Gasteiger partial charge in [-0.2, -0.15) is 4.98 Å². The minimum Gasteiger partial charge on any atom is -0.495 e. The van der Waals surface area contributed by atoms with Crippen molar-refractivity contribution in [2.45, 2.75) is 44.1 Å². The first-order valence-corrected chi connectivity index (χ1v) is 15.7. The quantitative estimate of drug-likeness (QED) is 0.154. The van der Waals surface area contributed by atoms with E-state index in [0.717, 1.165) is 17.5 Å². The summed E-state index contributed by atoms with van der Waals surface area (Å²) < 4.78 is 19.0. The highest BCUT2D eigenvalue weighted by atomic mass is 35.5. The van der Waals surface area contributed by atoms with Crippen LogP contribution in [0.25, 0.3) is 0 Å². The molecule has 5 rings (SSSR count). The molecule has 44 heavy (non-hydrogen) atoms. The minimum atomic E-state index is -0.610. The van der Waals surface area contributed by atoms with E-state index in [-0.39, 0.29) is 5.91 Å². The molecule has 4 aromatic rings. The molecule has 11 heteroatoms. The molecular formula is C33H36ClN5O4S. The topological polar surface area (TPSA) is 99.5 Å². The van der Waals surface area contributed by atoms with Crippen molar-refractivity contribution in [1.29, 1.82) is 0 Å². The fourth-order valence-corrected chi connectivity index (χ4v) is 5.98. The molecule has 2 N–H and O–H groups in total. The lowest BCUT2D eigenvalue weighted by Crippen LogP contribution is -2.31. The van der Waals surface area contributed by atoms with Gasteiger partial charge >= 0.3 is 0 Å². The number of nitrogens with one attached hydrogen (secondary N) is 2. The molecule has 0 aliphatic carbocycles. The van der Waals surface area contributed by atoms with E-state index in [1.54, 1.807) is 31.0 Å². The number of nitrogens with zero attached hydrogens (tertiary/aromatic N) is 3. The number of methoxy groups -OCH3 is 2. The molecule has 1 aromatic heterocycles. The number of para-hydroxylation sites is 2. The van der Waals surface area contributed by atoms with Crippen LogP contribution in [0, 0.1) is 5.92 Å². The molecule has 0 bridgehead atoms. The second-order valence-corrected chi connectivity index (χ2v) is 12.1. The van der Waals surface area contributed by atoms with Gasteiger partial charge in [-0.3, -0.25) is 4.79 Å². The Labute approximate surface area is 267 Å². The Morgan fingerprint density at radius 3 is 2.55 bits per heavy atom. The van der Waals surface area contributed by atoms with Crippen molar-refractivity contribution in [3.05, 3.63) is 94.1 Å². The minimum absolute atomic E-state index is 0.299. The van der Waals surface area contributed by atoms with E-state index in [4.69, 9.17) is 35.9 Å². The van der Waals surface area contributed by atoms with Gasteiger partial charge in [0.15, 0.2) is 11.5 Å². The molecule has 0 fully saturated rings. The third-order valence-electron chi connectivity index (χ3n) is 7.20. The summed E-state index contributed by atoms with van der Waals surface area (Å²) in [4.78, 5) is 18.8. The normalized spacial score (nSPS) is 14.2. The van der Waals surface area contributed by atoms with Crippen LogP contribution in [0.15, 0.2) is 83.2 Å². The SMILES string of the molecule is COc1ccccc1NC(=O)C1=C(C)Nc2nc(SCc3ccccc3Cl)nn2C1c1ccc(OCCC(C)C)c(OC)c1. The molecule has 0 saturated carbocycles. The number of thioether (sulfide) groups is 1. The van der Waals surface area contributed by atoms with Crippen molar-refractivity contribution in [2.24, 2.45) is 5.92 Å². The number of allylic oxidation sites excluding steroid dienone is 1. The van der Waals surface area contributed by atoms with Crippen molar-refractivity contribution in [1.82, 2.24) is 14.8 Å². The number of anilines is 2. The standard InChI is InChI=1S/C33H36ClN5O4S/c1-20(2)16-17-43-27-15-14-22(18-28(27)42-5)30-29(31(40)36-25-12-8-9-13-26(25)41-4)21(3)35-32-37-33(38-39(30)32)44-19-23-10-6-7-11-24(23)34/h6-15,18,20,30H,16-17,19H2,1-5H3,(H,36,40)(H,35,37,38). The van der Waals surface area contributed by atoms with Gasteiger partial charge in [0.05, 0.1) is 32.1 Å². The van der Waals surface area contributed by atoms with Gasteiger partial charge in [-0.05, 0) is 60.7 Å². The molecule has 1 aliphatic heterocycles. The van der Waals surface area contributed by atoms with Crippen LogP contribution in [0.5, 0.6) is 17.2 Å². The summed E-state index contributed by atoms with van der Waals surface area (Å²) in [6.45, 7) is 6.75. The van der Waals surface area contributed by atoms with E-state index in [1.807, 2.05) is 61.5 Å². The van der Waals surface area contributed by atoms with Crippen molar-refractivity contribution in [3.8, 4) is 17.2 Å². The van der Waals surface area contributed by atoms with Crippen LogP contribution in [0.3, 0.4) is 0 Å². The maximum Gasteiger partial charge on any atom is 0.255 e. The van der Waals surface area contributed by atoms with Crippen LogP contribution in [0.2, 0.25) is 5.02 Å². The molecule has 230 valence electrons.